The molecule has 1 amide bonds. The fourth-order valence-electron chi connectivity index (χ4n) is 2.54. The van der Waals surface area contributed by atoms with Crippen LogP contribution in [-0.2, 0) is 0 Å². The molecule has 0 unspecified atom stereocenters. The summed E-state index contributed by atoms with van der Waals surface area (Å²) >= 11 is 0. The highest BCUT2D eigenvalue weighted by molar-refractivity contribution is 5.96. The first-order valence-corrected chi connectivity index (χ1v) is 8.14. The maximum atomic E-state index is 12.8. The molecule has 0 bridgehead atoms. The van der Waals surface area contributed by atoms with Gasteiger partial charge in [-0.3, -0.25) is 4.79 Å². The van der Waals surface area contributed by atoms with Crippen molar-refractivity contribution < 1.29 is 14.3 Å². The first kappa shape index (κ1) is 16.3. The highest BCUT2D eigenvalue weighted by atomic mass is 16.5. The van der Waals surface area contributed by atoms with Crippen LogP contribution in [0, 0.1) is 0 Å². The minimum absolute atomic E-state index is 0.0833. The summed E-state index contributed by atoms with van der Waals surface area (Å²) in [5, 5.41) is 3.29. The van der Waals surface area contributed by atoms with Crippen LogP contribution >= 0.6 is 0 Å². The number of aromatic nitrogens is 1. The highest BCUT2D eigenvalue weighted by Crippen LogP contribution is 2.32. The van der Waals surface area contributed by atoms with Crippen molar-refractivity contribution in [3.63, 3.8) is 0 Å². The van der Waals surface area contributed by atoms with Crippen molar-refractivity contribution in [1.29, 1.82) is 0 Å². The number of nitrogens with one attached hydrogen (secondary N) is 1. The molecule has 0 saturated heterocycles. The molecule has 0 atom stereocenters. The van der Waals surface area contributed by atoms with Crippen LogP contribution in [0.1, 0.15) is 17.3 Å². The minimum atomic E-state index is -0.0833. The quantitative estimate of drug-likeness (QED) is 0.871. The van der Waals surface area contributed by atoms with Crippen LogP contribution in [0.25, 0.3) is 0 Å². The van der Waals surface area contributed by atoms with Gasteiger partial charge in [-0.1, -0.05) is 12.1 Å². The molecule has 2 aromatic rings. The number of fused-ring (bicyclic) bond motifs is 2. The Morgan fingerprint density at radius 3 is 2.83 bits per heavy atom. The summed E-state index contributed by atoms with van der Waals surface area (Å²) in [4.78, 5) is 18.9. The third-order valence-corrected chi connectivity index (χ3v) is 3.82. The van der Waals surface area contributed by atoms with Crippen LogP contribution in [0.3, 0.4) is 0 Å². The van der Waals surface area contributed by atoms with Crippen LogP contribution in [-0.4, -0.2) is 48.6 Å². The van der Waals surface area contributed by atoms with Crippen molar-refractivity contribution in [2.75, 3.05) is 32.8 Å². The maximum Gasteiger partial charge on any atom is 0.259 e. The van der Waals surface area contributed by atoms with E-state index in [1.165, 1.54) is 0 Å². The fourth-order valence-corrected chi connectivity index (χ4v) is 2.54. The first-order valence-electron chi connectivity index (χ1n) is 8.14. The third-order valence-electron chi connectivity index (χ3n) is 3.82. The Morgan fingerprint density at radius 1 is 1.17 bits per heavy atom. The molecule has 6 heteroatoms. The summed E-state index contributed by atoms with van der Waals surface area (Å²) in [6, 6.07) is 10.9. The lowest BCUT2D eigenvalue weighted by Crippen LogP contribution is -2.37. The molecule has 126 valence electrons. The van der Waals surface area contributed by atoms with Gasteiger partial charge in [0.1, 0.15) is 12.2 Å². The summed E-state index contributed by atoms with van der Waals surface area (Å²) in [7, 11) is 0. The molecule has 0 radical (unpaired) electrons. The lowest BCUT2D eigenvalue weighted by atomic mass is 10.2. The first-order chi connectivity index (χ1) is 11.8. The second kappa shape index (κ2) is 7.79. The molecule has 2 heterocycles. The molecule has 1 aliphatic heterocycles. The second-order valence-corrected chi connectivity index (χ2v) is 5.39. The van der Waals surface area contributed by atoms with E-state index in [0.717, 1.165) is 0 Å². The molecule has 0 aliphatic carbocycles. The molecular weight excluding hydrogens is 306 g/mol. The molecule has 0 fully saturated rings. The van der Waals surface area contributed by atoms with Gasteiger partial charge >= 0.3 is 0 Å². The van der Waals surface area contributed by atoms with Crippen LogP contribution < -0.4 is 14.8 Å². The maximum absolute atomic E-state index is 12.8. The van der Waals surface area contributed by atoms with Crippen molar-refractivity contribution in [2.24, 2.45) is 0 Å². The van der Waals surface area contributed by atoms with E-state index in [4.69, 9.17) is 9.47 Å². The molecule has 24 heavy (non-hydrogen) atoms. The van der Waals surface area contributed by atoms with E-state index in [2.05, 4.69) is 10.3 Å². The van der Waals surface area contributed by atoms with Gasteiger partial charge in [-0.2, -0.15) is 0 Å². The summed E-state index contributed by atoms with van der Waals surface area (Å²) in [5.41, 5.74) is 0.452. The SMILES string of the molecule is CCN1CCNCCOc2ccccc2Oc2ncccc2C1=O. The number of hydrogen-bond donors (Lipinski definition) is 1. The van der Waals surface area contributed by atoms with Gasteiger partial charge < -0.3 is 19.7 Å². The van der Waals surface area contributed by atoms with Crippen LogP contribution in [0.4, 0.5) is 0 Å². The Bertz CT molecular complexity index is 705. The molecule has 1 aromatic heterocycles. The number of hydrogen-bond acceptors (Lipinski definition) is 5. The number of para-hydroxylation sites is 2. The molecule has 0 spiro atoms. The van der Waals surface area contributed by atoms with E-state index in [1.807, 2.05) is 31.2 Å². The normalized spacial score (nSPS) is 15.7. The topological polar surface area (TPSA) is 63.7 Å². The van der Waals surface area contributed by atoms with Gasteiger partial charge in [-0.15, -0.1) is 0 Å². The van der Waals surface area contributed by atoms with Gasteiger partial charge in [0.15, 0.2) is 11.5 Å². The monoisotopic (exact) mass is 327 g/mol. The van der Waals surface area contributed by atoms with Crippen LogP contribution in [0.5, 0.6) is 17.4 Å². The Labute approximate surface area is 141 Å². The Balaban J connectivity index is 1.99. The number of ether oxygens (including phenoxy) is 2. The number of carbonyl (C=O) groups is 1. The Kier molecular flexibility index (Phi) is 5.28. The molecule has 6 nitrogen and oxygen atoms in total. The van der Waals surface area contributed by atoms with Gasteiger partial charge in [0.05, 0.1) is 0 Å². The average Bonchev–Trinajstić information content (AvgIpc) is 2.63. The zero-order chi connectivity index (χ0) is 16.8. The molecule has 0 saturated carbocycles. The number of pyridine rings is 1. The van der Waals surface area contributed by atoms with Gasteiger partial charge in [0, 0.05) is 32.4 Å². The fraction of sp³-hybridized carbons (Fsp3) is 0.333. The van der Waals surface area contributed by atoms with E-state index in [9.17, 15) is 4.79 Å². The van der Waals surface area contributed by atoms with Crippen molar-refractivity contribution in [3.05, 3.63) is 48.2 Å². The minimum Gasteiger partial charge on any atom is -0.488 e. The van der Waals surface area contributed by atoms with Crippen molar-refractivity contribution in [3.8, 4) is 17.4 Å². The average molecular weight is 327 g/mol. The Morgan fingerprint density at radius 2 is 2.00 bits per heavy atom. The van der Waals surface area contributed by atoms with E-state index in [-0.39, 0.29) is 5.91 Å². The van der Waals surface area contributed by atoms with Crippen LogP contribution in [0.15, 0.2) is 42.6 Å². The van der Waals surface area contributed by atoms with Gasteiger partial charge in [0.2, 0.25) is 5.88 Å². The lowest BCUT2D eigenvalue weighted by molar-refractivity contribution is 0.0762. The van der Waals surface area contributed by atoms with Crippen molar-refractivity contribution in [1.82, 2.24) is 15.2 Å². The number of amides is 1. The zero-order valence-electron chi connectivity index (χ0n) is 13.7. The van der Waals surface area contributed by atoms with Gasteiger partial charge in [-0.05, 0) is 31.2 Å². The smallest absolute Gasteiger partial charge is 0.259 e. The van der Waals surface area contributed by atoms with Crippen molar-refractivity contribution >= 4 is 5.91 Å². The van der Waals surface area contributed by atoms with E-state index >= 15 is 0 Å². The molecular formula is C18H21N3O3. The van der Waals surface area contributed by atoms with Crippen LogP contribution in [0.2, 0.25) is 0 Å². The lowest BCUT2D eigenvalue weighted by Gasteiger charge is -2.21. The van der Waals surface area contributed by atoms with E-state index < -0.39 is 0 Å². The number of benzene rings is 1. The van der Waals surface area contributed by atoms with E-state index in [0.29, 0.717) is 55.7 Å². The standard InChI is InChI=1S/C18H21N3O3/c1-2-21-12-10-19-11-13-23-15-7-3-4-8-16(15)24-17-14(18(21)22)6-5-9-20-17/h3-9,19H,2,10-13H2,1H3. The number of rotatable bonds is 1. The third kappa shape index (κ3) is 3.65. The predicted molar refractivity (Wildman–Crippen MR) is 90.7 cm³/mol. The highest BCUT2D eigenvalue weighted by Gasteiger charge is 2.20. The summed E-state index contributed by atoms with van der Waals surface area (Å²) in [6.45, 7) is 5.14. The van der Waals surface area contributed by atoms with Gasteiger partial charge in [0.25, 0.3) is 5.91 Å². The largest absolute Gasteiger partial charge is 0.488 e. The van der Waals surface area contributed by atoms with Crippen molar-refractivity contribution in [2.45, 2.75) is 6.92 Å². The summed E-state index contributed by atoms with van der Waals surface area (Å²) in [5.74, 6) is 1.40. The zero-order valence-corrected chi connectivity index (χ0v) is 13.7. The number of likely N-dealkylation sites (N-methyl/N-ethyl adjacent to an activating group) is 1. The number of carbonyl (C=O) groups excluding carboxylic acids is 1. The molecule has 1 aliphatic rings. The number of nitrogens with zero attached hydrogens (tertiary/aromatic N) is 2. The molecule has 1 aromatic carbocycles. The molecule has 3 rings (SSSR count). The summed E-state index contributed by atoms with van der Waals surface area (Å²) in [6.07, 6.45) is 1.62. The summed E-state index contributed by atoms with van der Waals surface area (Å²) < 4.78 is 11.7. The van der Waals surface area contributed by atoms with E-state index in [1.54, 1.807) is 23.2 Å². The Hall–Kier alpha value is -2.60. The molecule has 1 N–H and O–H groups in total. The predicted octanol–water partition coefficient (Wildman–Crippen LogP) is 2.32. The second-order valence-electron chi connectivity index (χ2n) is 5.39. The van der Waals surface area contributed by atoms with Gasteiger partial charge in [-0.25, -0.2) is 4.98 Å².